The Morgan fingerprint density at radius 3 is 2.52 bits per heavy atom. The maximum Gasteiger partial charge on any atom is 0.241 e. The quantitative estimate of drug-likeness (QED) is 0.819. The molecule has 1 aromatic carbocycles. The minimum Gasteiger partial charge on any atom is -0.320 e. The summed E-state index contributed by atoms with van der Waals surface area (Å²) in [6, 6.07) is 4.95. The molecule has 1 aromatic rings. The maximum absolute atomic E-state index is 12.4. The van der Waals surface area contributed by atoms with Crippen LogP contribution in [0.3, 0.4) is 0 Å². The molecule has 0 aliphatic rings. The van der Waals surface area contributed by atoms with Crippen LogP contribution in [0.25, 0.3) is 0 Å². The van der Waals surface area contributed by atoms with Crippen molar-refractivity contribution in [1.29, 1.82) is 0 Å². The van der Waals surface area contributed by atoms with Gasteiger partial charge in [-0.3, -0.25) is 0 Å². The third-order valence-corrected chi connectivity index (χ3v) is 4.81. The van der Waals surface area contributed by atoms with Crippen LogP contribution >= 0.6 is 0 Å². The minimum absolute atomic E-state index is 0.266. The van der Waals surface area contributed by atoms with Crippen LogP contribution in [0.2, 0.25) is 0 Å². The fraction of sp³-hybridized carbons (Fsp3) is 0.500. The van der Waals surface area contributed by atoms with Gasteiger partial charge in [0.15, 0.2) is 0 Å². The molecule has 4 nitrogen and oxygen atoms in total. The molecule has 116 valence electrons. The fourth-order valence-corrected chi connectivity index (χ4v) is 3.72. The lowest BCUT2D eigenvalue weighted by Gasteiger charge is -2.25. The minimum atomic E-state index is -3.52. The van der Waals surface area contributed by atoms with Gasteiger partial charge in [0, 0.05) is 11.1 Å². The van der Waals surface area contributed by atoms with E-state index in [-0.39, 0.29) is 11.4 Å². The summed E-state index contributed by atoms with van der Waals surface area (Å²) in [5, 5.41) is 0. The molecule has 0 amide bonds. The third-order valence-electron chi connectivity index (χ3n) is 3.12. The Kier molecular flexibility index (Phi) is 5.97. The summed E-state index contributed by atoms with van der Waals surface area (Å²) in [6.07, 6.45) is 1.70. The molecule has 0 aliphatic carbocycles. The van der Waals surface area contributed by atoms with Crippen LogP contribution in [0.4, 0.5) is 0 Å². The number of rotatable bonds is 5. The number of hydrogen-bond donors (Lipinski definition) is 2. The van der Waals surface area contributed by atoms with Crippen molar-refractivity contribution in [2.45, 2.75) is 51.0 Å². The van der Waals surface area contributed by atoms with Crippen molar-refractivity contribution in [1.82, 2.24) is 4.72 Å². The Bertz CT molecular complexity index is 653. The van der Waals surface area contributed by atoms with Crippen LogP contribution in [0.15, 0.2) is 23.1 Å². The summed E-state index contributed by atoms with van der Waals surface area (Å²) in [4.78, 5) is 0.266. The van der Waals surface area contributed by atoms with Gasteiger partial charge >= 0.3 is 0 Å². The van der Waals surface area contributed by atoms with Gasteiger partial charge in [-0.05, 0) is 51.0 Å². The molecule has 21 heavy (non-hydrogen) atoms. The first-order chi connectivity index (χ1) is 9.72. The first kappa shape index (κ1) is 17.7. The van der Waals surface area contributed by atoms with E-state index < -0.39 is 15.6 Å². The zero-order chi connectivity index (χ0) is 16.1. The Morgan fingerprint density at radius 2 is 2.00 bits per heavy atom. The summed E-state index contributed by atoms with van der Waals surface area (Å²) in [6.45, 7) is 7.94. The average Bonchev–Trinajstić information content (AvgIpc) is 2.35. The van der Waals surface area contributed by atoms with Crippen molar-refractivity contribution in [3.63, 3.8) is 0 Å². The topological polar surface area (TPSA) is 72.2 Å². The van der Waals surface area contributed by atoms with Crippen LogP contribution in [-0.2, 0) is 10.0 Å². The Labute approximate surface area is 128 Å². The van der Waals surface area contributed by atoms with Crippen LogP contribution in [0, 0.1) is 18.8 Å². The summed E-state index contributed by atoms with van der Waals surface area (Å²) in [5.74, 6) is 5.70. The molecule has 0 atom stereocenters. The monoisotopic (exact) mass is 308 g/mol. The van der Waals surface area contributed by atoms with Gasteiger partial charge in [0.2, 0.25) is 10.0 Å². The zero-order valence-corrected chi connectivity index (χ0v) is 14.0. The van der Waals surface area contributed by atoms with E-state index in [4.69, 9.17) is 5.73 Å². The summed E-state index contributed by atoms with van der Waals surface area (Å²) in [5.41, 5.74) is 6.51. The van der Waals surface area contributed by atoms with Gasteiger partial charge in [-0.1, -0.05) is 25.2 Å². The highest BCUT2D eigenvalue weighted by Crippen LogP contribution is 2.19. The second-order valence-corrected chi connectivity index (χ2v) is 7.40. The van der Waals surface area contributed by atoms with E-state index in [1.165, 1.54) is 0 Å². The molecule has 0 fully saturated rings. The van der Waals surface area contributed by atoms with Crippen molar-refractivity contribution in [3.05, 3.63) is 29.3 Å². The van der Waals surface area contributed by atoms with Gasteiger partial charge in [0.1, 0.15) is 0 Å². The summed E-state index contributed by atoms with van der Waals surface area (Å²) >= 11 is 0. The van der Waals surface area contributed by atoms with E-state index in [1.54, 1.807) is 18.2 Å². The number of sulfonamides is 1. The second-order valence-electron chi connectivity index (χ2n) is 5.72. The smallest absolute Gasteiger partial charge is 0.241 e. The molecule has 0 heterocycles. The summed E-state index contributed by atoms with van der Waals surface area (Å²) in [7, 11) is -3.52. The van der Waals surface area contributed by atoms with Gasteiger partial charge in [-0.2, -0.15) is 0 Å². The zero-order valence-electron chi connectivity index (χ0n) is 13.2. The lowest BCUT2D eigenvalue weighted by molar-refractivity contribution is 0.417. The highest BCUT2D eigenvalue weighted by atomic mass is 32.2. The molecule has 5 heteroatoms. The van der Waals surface area contributed by atoms with E-state index in [9.17, 15) is 8.42 Å². The van der Waals surface area contributed by atoms with Gasteiger partial charge in [0.25, 0.3) is 0 Å². The van der Waals surface area contributed by atoms with Gasteiger partial charge in [0.05, 0.1) is 11.4 Å². The first-order valence-corrected chi connectivity index (χ1v) is 8.54. The van der Waals surface area contributed by atoms with Gasteiger partial charge < -0.3 is 5.73 Å². The van der Waals surface area contributed by atoms with Crippen molar-refractivity contribution in [2.24, 2.45) is 5.73 Å². The lowest BCUT2D eigenvalue weighted by Crippen LogP contribution is -2.43. The van der Waals surface area contributed by atoms with E-state index in [1.807, 2.05) is 27.7 Å². The third kappa shape index (κ3) is 5.16. The van der Waals surface area contributed by atoms with E-state index in [0.717, 1.165) is 24.0 Å². The first-order valence-electron chi connectivity index (χ1n) is 7.05. The fourth-order valence-electron chi connectivity index (χ4n) is 2.19. The molecule has 0 bridgehead atoms. The van der Waals surface area contributed by atoms with E-state index >= 15 is 0 Å². The Hall–Kier alpha value is -1.35. The van der Waals surface area contributed by atoms with Crippen molar-refractivity contribution < 1.29 is 8.42 Å². The number of nitrogens with one attached hydrogen (secondary N) is 1. The SMILES string of the molecule is CCCC(C)(C)NS(=O)(=O)c1ccc(C#CCN)c(C)c1. The molecule has 0 unspecified atom stereocenters. The molecule has 0 saturated heterocycles. The Morgan fingerprint density at radius 1 is 1.33 bits per heavy atom. The van der Waals surface area contributed by atoms with Crippen LogP contribution in [-0.4, -0.2) is 20.5 Å². The van der Waals surface area contributed by atoms with Crippen LogP contribution in [0.5, 0.6) is 0 Å². The van der Waals surface area contributed by atoms with Crippen molar-refractivity contribution >= 4 is 10.0 Å². The second kappa shape index (κ2) is 7.08. The lowest BCUT2D eigenvalue weighted by atomic mass is 10.0. The molecule has 0 radical (unpaired) electrons. The maximum atomic E-state index is 12.4. The molecule has 0 spiro atoms. The van der Waals surface area contributed by atoms with Crippen molar-refractivity contribution in [2.75, 3.05) is 6.54 Å². The average molecular weight is 308 g/mol. The summed E-state index contributed by atoms with van der Waals surface area (Å²) < 4.78 is 27.6. The largest absolute Gasteiger partial charge is 0.320 e. The predicted molar refractivity (Wildman–Crippen MR) is 86.4 cm³/mol. The van der Waals surface area contributed by atoms with Gasteiger partial charge in [-0.15, -0.1) is 0 Å². The number of nitrogens with two attached hydrogens (primary N) is 1. The molecule has 3 N–H and O–H groups in total. The Balaban J connectivity index is 3.08. The van der Waals surface area contributed by atoms with Crippen LogP contribution < -0.4 is 10.5 Å². The molecule has 0 aliphatic heterocycles. The standard InChI is InChI=1S/C16H24N2O2S/c1-5-10-16(3,4)18-21(19,20)15-9-8-14(7-6-11-17)13(2)12-15/h8-9,12,18H,5,10-11,17H2,1-4H3. The van der Waals surface area contributed by atoms with Gasteiger partial charge in [-0.25, -0.2) is 13.1 Å². The highest BCUT2D eigenvalue weighted by molar-refractivity contribution is 7.89. The number of benzene rings is 1. The molecular weight excluding hydrogens is 284 g/mol. The van der Waals surface area contributed by atoms with E-state index in [0.29, 0.717) is 0 Å². The normalized spacial score (nSPS) is 11.9. The molecular formula is C16H24N2O2S. The molecule has 1 rings (SSSR count). The van der Waals surface area contributed by atoms with E-state index in [2.05, 4.69) is 16.6 Å². The predicted octanol–water partition coefficient (Wildman–Crippen LogP) is 2.16. The molecule has 0 saturated carbocycles. The van der Waals surface area contributed by atoms with Crippen LogP contribution in [0.1, 0.15) is 44.7 Å². The number of hydrogen-bond acceptors (Lipinski definition) is 3. The number of aryl methyl sites for hydroxylation is 1. The highest BCUT2D eigenvalue weighted by Gasteiger charge is 2.25. The molecule has 0 aromatic heterocycles. The van der Waals surface area contributed by atoms with Crippen molar-refractivity contribution in [3.8, 4) is 11.8 Å².